The Bertz CT molecular complexity index is 509. The second-order valence-corrected chi connectivity index (χ2v) is 5.31. The molecule has 1 aromatic heterocycles. The van der Waals surface area contributed by atoms with Gasteiger partial charge in [-0.15, -0.1) is 0 Å². The SMILES string of the molecule is OC1(c2ccco2)CCCN(Cc2ccccc2)C1. The lowest BCUT2D eigenvalue weighted by molar-refractivity contribution is -0.0532. The third-order valence-corrected chi connectivity index (χ3v) is 3.78. The Morgan fingerprint density at radius 2 is 2.00 bits per heavy atom. The van der Waals surface area contributed by atoms with Crippen molar-refractivity contribution in [3.63, 3.8) is 0 Å². The Labute approximate surface area is 113 Å². The molecule has 2 heterocycles. The third kappa shape index (κ3) is 2.72. The topological polar surface area (TPSA) is 36.6 Å². The van der Waals surface area contributed by atoms with Crippen molar-refractivity contribution in [2.24, 2.45) is 0 Å². The number of furan rings is 1. The van der Waals surface area contributed by atoms with E-state index in [4.69, 9.17) is 4.42 Å². The van der Waals surface area contributed by atoms with Crippen molar-refractivity contribution in [2.45, 2.75) is 25.0 Å². The molecule has 3 heteroatoms. The van der Waals surface area contributed by atoms with E-state index in [-0.39, 0.29) is 0 Å². The van der Waals surface area contributed by atoms with E-state index in [1.54, 1.807) is 6.26 Å². The van der Waals surface area contributed by atoms with Gasteiger partial charge in [-0.2, -0.15) is 0 Å². The third-order valence-electron chi connectivity index (χ3n) is 3.78. The number of rotatable bonds is 3. The molecule has 1 aliphatic heterocycles. The molecule has 0 aliphatic carbocycles. The van der Waals surface area contributed by atoms with E-state index in [2.05, 4.69) is 29.2 Å². The average Bonchev–Trinajstić information content (AvgIpc) is 2.95. The van der Waals surface area contributed by atoms with E-state index in [0.29, 0.717) is 12.3 Å². The number of hydrogen-bond donors (Lipinski definition) is 1. The fourth-order valence-corrected chi connectivity index (χ4v) is 2.84. The largest absolute Gasteiger partial charge is 0.466 e. The van der Waals surface area contributed by atoms with E-state index in [9.17, 15) is 5.11 Å². The smallest absolute Gasteiger partial charge is 0.136 e. The van der Waals surface area contributed by atoms with Gasteiger partial charge in [-0.1, -0.05) is 30.3 Å². The van der Waals surface area contributed by atoms with E-state index >= 15 is 0 Å². The van der Waals surface area contributed by atoms with Crippen molar-refractivity contribution >= 4 is 0 Å². The van der Waals surface area contributed by atoms with Crippen LogP contribution in [0.5, 0.6) is 0 Å². The summed E-state index contributed by atoms with van der Waals surface area (Å²) in [5, 5.41) is 10.7. The number of nitrogens with zero attached hydrogens (tertiary/aromatic N) is 1. The van der Waals surface area contributed by atoms with Gasteiger partial charge in [0.05, 0.1) is 6.26 Å². The first-order chi connectivity index (χ1) is 9.26. The second-order valence-electron chi connectivity index (χ2n) is 5.31. The normalized spacial score (nSPS) is 24.5. The van der Waals surface area contributed by atoms with Crippen molar-refractivity contribution in [1.29, 1.82) is 0 Å². The second kappa shape index (κ2) is 5.19. The lowest BCUT2D eigenvalue weighted by Gasteiger charge is -2.38. The summed E-state index contributed by atoms with van der Waals surface area (Å²) in [6.45, 7) is 2.54. The first-order valence-electron chi connectivity index (χ1n) is 6.79. The number of piperidine rings is 1. The summed E-state index contributed by atoms with van der Waals surface area (Å²) in [6, 6.07) is 14.1. The molecule has 1 atom stereocenters. The molecule has 1 fully saturated rings. The Kier molecular flexibility index (Phi) is 3.40. The summed E-state index contributed by atoms with van der Waals surface area (Å²) < 4.78 is 5.40. The van der Waals surface area contributed by atoms with Gasteiger partial charge in [0.25, 0.3) is 0 Å². The van der Waals surface area contributed by atoms with Crippen LogP contribution in [-0.2, 0) is 12.1 Å². The van der Waals surface area contributed by atoms with Gasteiger partial charge in [0, 0.05) is 13.1 Å². The Hall–Kier alpha value is -1.58. The summed E-state index contributed by atoms with van der Waals surface area (Å²) in [5.41, 5.74) is 0.447. The van der Waals surface area contributed by atoms with Gasteiger partial charge in [-0.05, 0) is 37.1 Å². The molecule has 0 radical (unpaired) electrons. The van der Waals surface area contributed by atoms with Gasteiger partial charge >= 0.3 is 0 Å². The number of hydrogen-bond acceptors (Lipinski definition) is 3. The van der Waals surface area contributed by atoms with Crippen LogP contribution >= 0.6 is 0 Å². The summed E-state index contributed by atoms with van der Waals surface area (Å²) >= 11 is 0. The molecule has 1 saturated heterocycles. The Morgan fingerprint density at radius 3 is 2.74 bits per heavy atom. The van der Waals surface area contributed by atoms with Gasteiger partial charge < -0.3 is 9.52 Å². The van der Waals surface area contributed by atoms with Crippen molar-refractivity contribution < 1.29 is 9.52 Å². The highest BCUT2D eigenvalue weighted by atomic mass is 16.4. The number of benzene rings is 1. The quantitative estimate of drug-likeness (QED) is 0.918. The van der Waals surface area contributed by atoms with Gasteiger partial charge in [-0.3, -0.25) is 4.90 Å². The maximum absolute atomic E-state index is 10.7. The molecule has 2 aromatic rings. The van der Waals surface area contributed by atoms with Crippen molar-refractivity contribution in [3.05, 3.63) is 60.1 Å². The first-order valence-corrected chi connectivity index (χ1v) is 6.79. The van der Waals surface area contributed by atoms with Crippen LogP contribution in [0.25, 0.3) is 0 Å². The molecular weight excluding hydrogens is 238 g/mol. The number of aliphatic hydroxyl groups is 1. The molecule has 3 nitrogen and oxygen atoms in total. The molecule has 1 unspecified atom stereocenters. The molecular formula is C16H19NO2. The minimum atomic E-state index is -0.837. The lowest BCUT2D eigenvalue weighted by atomic mass is 9.90. The average molecular weight is 257 g/mol. The Morgan fingerprint density at radius 1 is 1.16 bits per heavy atom. The maximum Gasteiger partial charge on any atom is 0.136 e. The molecule has 1 aliphatic rings. The van der Waals surface area contributed by atoms with Crippen LogP contribution in [0.3, 0.4) is 0 Å². The van der Waals surface area contributed by atoms with Gasteiger partial charge in [0.15, 0.2) is 0 Å². The molecule has 0 bridgehead atoms. The van der Waals surface area contributed by atoms with E-state index in [0.717, 1.165) is 25.9 Å². The number of likely N-dealkylation sites (tertiary alicyclic amines) is 1. The Balaban J connectivity index is 1.72. The highest BCUT2D eigenvalue weighted by Crippen LogP contribution is 2.32. The molecule has 0 spiro atoms. The van der Waals surface area contributed by atoms with Gasteiger partial charge in [-0.25, -0.2) is 0 Å². The van der Waals surface area contributed by atoms with Crippen LogP contribution in [0.15, 0.2) is 53.1 Å². The molecule has 0 amide bonds. The van der Waals surface area contributed by atoms with E-state index in [1.807, 2.05) is 18.2 Å². The van der Waals surface area contributed by atoms with Crippen LogP contribution in [-0.4, -0.2) is 23.1 Å². The molecule has 1 N–H and O–H groups in total. The van der Waals surface area contributed by atoms with Crippen LogP contribution in [0.2, 0.25) is 0 Å². The lowest BCUT2D eigenvalue weighted by Crippen LogP contribution is -2.45. The fraction of sp³-hybridized carbons (Fsp3) is 0.375. The highest BCUT2D eigenvalue weighted by Gasteiger charge is 2.37. The summed E-state index contributed by atoms with van der Waals surface area (Å²) in [5.74, 6) is 0.685. The van der Waals surface area contributed by atoms with Crippen LogP contribution in [0.1, 0.15) is 24.2 Å². The zero-order chi connectivity index (χ0) is 13.1. The van der Waals surface area contributed by atoms with E-state index in [1.165, 1.54) is 5.56 Å². The summed E-state index contributed by atoms with van der Waals surface area (Å²) in [7, 11) is 0. The first kappa shape index (κ1) is 12.5. The summed E-state index contributed by atoms with van der Waals surface area (Å²) in [4.78, 5) is 2.29. The monoisotopic (exact) mass is 257 g/mol. The fourth-order valence-electron chi connectivity index (χ4n) is 2.84. The van der Waals surface area contributed by atoms with Crippen molar-refractivity contribution in [3.8, 4) is 0 Å². The van der Waals surface area contributed by atoms with Crippen LogP contribution in [0, 0.1) is 0 Å². The van der Waals surface area contributed by atoms with Crippen LogP contribution in [0.4, 0.5) is 0 Å². The van der Waals surface area contributed by atoms with E-state index < -0.39 is 5.60 Å². The van der Waals surface area contributed by atoms with Crippen molar-refractivity contribution in [2.75, 3.05) is 13.1 Å². The minimum absolute atomic E-state index is 0.634. The predicted octanol–water partition coefficient (Wildman–Crippen LogP) is 2.76. The minimum Gasteiger partial charge on any atom is -0.466 e. The molecule has 3 rings (SSSR count). The molecule has 100 valence electrons. The highest BCUT2D eigenvalue weighted by molar-refractivity contribution is 5.16. The standard InChI is InChI=1S/C16H19NO2/c18-16(15-8-4-11-19-15)9-5-10-17(13-16)12-14-6-2-1-3-7-14/h1-4,6-8,11,18H,5,9-10,12-13H2. The van der Waals surface area contributed by atoms with Crippen molar-refractivity contribution in [1.82, 2.24) is 4.90 Å². The number of β-amino-alcohol motifs (C(OH)–C–C–N with tert-alkyl or cyclic N) is 1. The van der Waals surface area contributed by atoms with Gasteiger partial charge in [0.1, 0.15) is 11.4 Å². The molecule has 1 aromatic carbocycles. The van der Waals surface area contributed by atoms with Gasteiger partial charge in [0.2, 0.25) is 0 Å². The maximum atomic E-state index is 10.7. The molecule has 0 saturated carbocycles. The van der Waals surface area contributed by atoms with Crippen LogP contribution < -0.4 is 0 Å². The molecule has 19 heavy (non-hydrogen) atoms. The summed E-state index contributed by atoms with van der Waals surface area (Å²) in [6.07, 6.45) is 3.39. The predicted molar refractivity (Wildman–Crippen MR) is 73.6 cm³/mol. The zero-order valence-electron chi connectivity index (χ0n) is 11.0. The zero-order valence-corrected chi connectivity index (χ0v) is 11.0.